The molecule has 0 radical (unpaired) electrons. The molecule has 0 unspecified atom stereocenters. The van der Waals surface area contributed by atoms with Crippen molar-refractivity contribution >= 4 is 29.2 Å². The Balaban J connectivity index is 0.000000550. The SMILES string of the molecule is ClCCl.NC(=O)N(C1CCCCC1)C1CCCCC1. The Kier molecular flexibility index (Phi) is 8.64. The maximum absolute atomic E-state index is 11.6. The van der Waals surface area contributed by atoms with Gasteiger partial charge in [-0.25, -0.2) is 4.79 Å². The van der Waals surface area contributed by atoms with Gasteiger partial charge in [-0.05, 0) is 25.7 Å². The van der Waals surface area contributed by atoms with Crippen LogP contribution in [-0.4, -0.2) is 28.4 Å². The van der Waals surface area contributed by atoms with Gasteiger partial charge in [-0.2, -0.15) is 0 Å². The second-order valence-corrected chi connectivity index (χ2v) is 6.24. The van der Waals surface area contributed by atoms with Crippen molar-refractivity contribution in [2.24, 2.45) is 5.73 Å². The minimum Gasteiger partial charge on any atom is -0.351 e. The van der Waals surface area contributed by atoms with Gasteiger partial charge in [0.1, 0.15) is 0 Å². The van der Waals surface area contributed by atoms with Crippen molar-refractivity contribution in [2.45, 2.75) is 76.3 Å². The maximum Gasteiger partial charge on any atom is 0.315 e. The highest BCUT2D eigenvalue weighted by Gasteiger charge is 2.30. The molecule has 5 heteroatoms. The van der Waals surface area contributed by atoms with Gasteiger partial charge in [0, 0.05) is 12.1 Å². The van der Waals surface area contributed by atoms with Crippen molar-refractivity contribution in [2.75, 3.05) is 5.34 Å². The van der Waals surface area contributed by atoms with Crippen LogP contribution in [0.2, 0.25) is 0 Å². The summed E-state index contributed by atoms with van der Waals surface area (Å²) in [6.45, 7) is 0. The lowest BCUT2D eigenvalue weighted by Gasteiger charge is -2.40. The van der Waals surface area contributed by atoms with Crippen molar-refractivity contribution in [1.82, 2.24) is 4.90 Å². The van der Waals surface area contributed by atoms with Crippen molar-refractivity contribution in [3.8, 4) is 0 Å². The first kappa shape index (κ1) is 16.9. The third kappa shape index (κ3) is 5.78. The maximum atomic E-state index is 11.6. The van der Waals surface area contributed by atoms with Gasteiger partial charge in [-0.15, -0.1) is 23.2 Å². The van der Waals surface area contributed by atoms with E-state index in [-0.39, 0.29) is 11.4 Å². The Hall–Kier alpha value is -0.150. The number of halogens is 2. The Bertz CT molecular complexity index is 234. The molecule has 0 spiro atoms. The average molecular weight is 309 g/mol. The highest BCUT2D eigenvalue weighted by molar-refractivity contribution is 6.40. The van der Waals surface area contributed by atoms with Crippen LogP contribution in [0, 0.1) is 0 Å². The van der Waals surface area contributed by atoms with E-state index >= 15 is 0 Å². The number of hydrogen-bond donors (Lipinski definition) is 1. The molecule has 0 bridgehead atoms. The van der Waals surface area contributed by atoms with Crippen LogP contribution < -0.4 is 5.73 Å². The zero-order chi connectivity index (χ0) is 14.1. The lowest BCUT2D eigenvalue weighted by molar-refractivity contribution is 0.111. The van der Waals surface area contributed by atoms with Crippen LogP contribution in [0.1, 0.15) is 64.2 Å². The first-order valence-electron chi connectivity index (χ1n) is 7.40. The number of primary amides is 1. The van der Waals surface area contributed by atoms with Crippen molar-refractivity contribution in [3.63, 3.8) is 0 Å². The number of nitrogens with two attached hydrogens (primary N) is 1. The lowest BCUT2D eigenvalue weighted by Crippen LogP contribution is -2.51. The van der Waals surface area contributed by atoms with E-state index in [9.17, 15) is 4.79 Å². The van der Waals surface area contributed by atoms with E-state index in [4.69, 9.17) is 28.9 Å². The van der Waals surface area contributed by atoms with E-state index in [1.807, 2.05) is 4.90 Å². The molecule has 0 saturated heterocycles. The molecule has 0 aromatic rings. The number of amides is 2. The third-order valence-corrected chi connectivity index (χ3v) is 4.19. The number of carbonyl (C=O) groups excluding carboxylic acids is 1. The molecule has 2 rings (SSSR count). The molecule has 112 valence electrons. The van der Waals surface area contributed by atoms with Crippen LogP contribution in [0.3, 0.4) is 0 Å². The van der Waals surface area contributed by atoms with E-state index in [0.29, 0.717) is 12.1 Å². The van der Waals surface area contributed by atoms with Crippen LogP contribution in [0.25, 0.3) is 0 Å². The Morgan fingerprint density at radius 2 is 1.21 bits per heavy atom. The Labute approximate surface area is 126 Å². The van der Waals surface area contributed by atoms with Crippen LogP contribution in [0.15, 0.2) is 0 Å². The molecule has 0 heterocycles. The molecule has 0 aromatic carbocycles. The molecule has 2 aliphatic rings. The predicted molar refractivity (Wildman–Crippen MR) is 81.7 cm³/mol. The van der Waals surface area contributed by atoms with E-state index in [1.165, 1.54) is 64.2 Å². The van der Waals surface area contributed by atoms with Crippen LogP contribution >= 0.6 is 23.2 Å². The highest BCUT2D eigenvalue weighted by Crippen LogP contribution is 2.29. The van der Waals surface area contributed by atoms with Crippen molar-refractivity contribution in [3.05, 3.63) is 0 Å². The molecule has 2 aliphatic carbocycles. The fourth-order valence-electron chi connectivity index (χ4n) is 3.38. The number of nitrogens with zero attached hydrogens (tertiary/aromatic N) is 1. The van der Waals surface area contributed by atoms with Gasteiger partial charge in [0.05, 0.1) is 5.34 Å². The molecular formula is C14H26Cl2N2O. The largest absolute Gasteiger partial charge is 0.351 e. The average Bonchev–Trinajstić information content (AvgIpc) is 2.42. The second kappa shape index (κ2) is 9.71. The molecule has 0 aliphatic heterocycles. The molecule has 2 fully saturated rings. The zero-order valence-electron chi connectivity index (χ0n) is 11.6. The summed E-state index contributed by atoms with van der Waals surface area (Å²) in [5.41, 5.74) is 5.59. The van der Waals surface area contributed by atoms with Crippen LogP contribution in [0.5, 0.6) is 0 Å². The molecule has 0 aromatic heterocycles. The molecule has 0 atom stereocenters. The molecule has 19 heavy (non-hydrogen) atoms. The van der Waals surface area contributed by atoms with Gasteiger partial charge in [0.15, 0.2) is 0 Å². The number of carbonyl (C=O) groups is 1. The smallest absolute Gasteiger partial charge is 0.315 e. The summed E-state index contributed by atoms with van der Waals surface area (Å²) in [5.74, 6) is 0. The number of urea groups is 1. The summed E-state index contributed by atoms with van der Waals surface area (Å²) < 4.78 is 0. The van der Waals surface area contributed by atoms with Gasteiger partial charge >= 0.3 is 6.03 Å². The quantitative estimate of drug-likeness (QED) is 0.752. The lowest BCUT2D eigenvalue weighted by atomic mass is 9.89. The fourth-order valence-corrected chi connectivity index (χ4v) is 3.38. The summed E-state index contributed by atoms with van der Waals surface area (Å²) in [6.07, 6.45) is 12.4. The van der Waals surface area contributed by atoms with Crippen molar-refractivity contribution in [1.29, 1.82) is 0 Å². The molecular weight excluding hydrogens is 283 g/mol. The Morgan fingerprint density at radius 3 is 1.47 bits per heavy atom. The fraction of sp³-hybridized carbons (Fsp3) is 0.929. The topological polar surface area (TPSA) is 46.3 Å². The zero-order valence-corrected chi connectivity index (χ0v) is 13.1. The molecule has 2 saturated carbocycles. The highest BCUT2D eigenvalue weighted by atomic mass is 35.5. The first-order valence-corrected chi connectivity index (χ1v) is 8.47. The number of hydrogen-bond acceptors (Lipinski definition) is 1. The monoisotopic (exact) mass is 308 g/mol. The van der Waals surface area contributed by atoms with Crippen molar-refractivity contribution < 1.29 is 4.79 Å². The molecule has 3 nitrogen and oxygen atoms in total. The summed E-state index contributed by atoms with van der Waals surface area (Å²) in [7, 11) is 0. The van der Waals surface area contributed by atoms with Crippen LogP contribution in [0.4, 0.5) is 4.79 Å². The van der Waals surface area contributed by atoms with Gasteiger partial charge in [-0.1, -0.05) is 38.5 Å². The first-order chi connectivity index (χ1) is 9.20. The number of alkyl halides is 2. The summed E-state index contributed by atoms with van der Waals surface area (Å²) >= 11 is 9.53. The number of rotatable bonds is 2. The predicted octanol–water partition coefficient (Wildman–Crippen LogP) is 4.45. The molecule has 2 N–H and O–H groups in total. The van der Waals surface area contributed by atoms with Gasteiger partial charge in [0.25, 0.3) is 0 Å². The third-order valence-electron chi connectivity index (χ3n) is 4.19. The van der Waals surface area contributed by atoms with Crippen LogP contribution in [-0.2, 0) is 0 Å². The van der Waals surface area contributed by atoms with E-state index in [1.54, 1.807) is 0 Å². The normalized spacial score (nSPS) is 21.4. The molecule has 2 amide bonds. The standard InChI is InChI=1S/C13H24N2O.CH2Cl2/c14-13(16)15(11-7-3-1-4-8-11)12-9-5-2-6-10-12;2-1-3/h11-12H,1-10H2,(H2,14,16);1H2. The summed E-state index contributed by atoms with van der Waals surface area (Å²) in [4.78, 5) is 13.7. The second-order valence-electron chi connectivity index (χ2n) is 5.43. The van der Waals surface area contributed by atoms with Gasteiger partial charge in [-0.3, -0.25) is 0 Å². The summed E-state index contributed by atoms with van der Waals surface area (Å²) in [6, 6.07) is 0.697. The Morgan fingerprint density at radius 1 is 0.895 bits per heavy atom. The van der Waals surface area contributed by atoms with E-state index < -0.39 is 0 Å². The summed E-state index contributed by atoms with van der Waals surface area (Å²) in [5, 5.41) is 0.194. The van der Waals surface area contributed by atoms with Gasteiger partial charge < -0.3 is 10.6 Å². The van der Waals surface area contributed by atoms with Gasteiger partial charge in [0.2, 0.25) is 0 Å². The van der Waals surface area contributed by atoms with E-state index in [2.05, 4.69) is 0 Å². The minimum absolute atomic E-state index is 0.182. The minimum atomic E-state index is -0.182. The van der Waals surface area contributed by atoms with E-state index in [0.717, 1.165) is 0 Å².